The van der Waals surface area contributed by atoms with Gasteiger partial charge >= 0.3 is 0 Å². The van der Waals surface area contributed by atoms with Crippen molar-refractivity contribution in [2.45, 2.75) is 6.42 Å². The Morgan fingerprint density at radius 1 is 1.32 bits per heavy atom. The highest BCUT2D eigenvalue weighted by Crippen LogP contribution is 2.36. The van der Waals surface area contributed by atoms with Crippen LogP contribution in [0, 0.1) is 11.3 Å². The van der Waals surface area contributed by atoms with Gasteiger partial charge in [-0.1, -0.05) is 0 Å². The van der Waals surface area contributed by atoms with Crippen molar-refractivity contribution in [3.05, 3.63) is 12.1 Å². The summed E-state index contributed by atoms with van der Waals surface area (Å²) in [4.78, 5) is 0. The van der Waals surface area contributed by atoms with E-state index in [9.17, 15) is 8.42 Å². The number of benzene rings is 1. The minimum Gasteiger partial charge on any atom is -0.489 e. The fraction of sp³-hybridized carbons (Fsp3) is 0.364. The van der Waals surface area contributed by atoms with Gasteiger partial charge in [0.1, 0.15) is 0 Å². The summed E-state index contributed by atoms with van der Waals surface area (Å²) in [5.41, 5.74) is 6.15. The molecule has 0 aromatic heterocycles. The Morgan fingerprint density at radius 3 is 2.58 bits per heavy atom. The number of nitrogens with one attached hydrogen (secondary N) is 1. The summed E-state index contributed by atoms with van der Waals surface area (Å²) in [7, 11) is -3.73. The average Bonchev–Trinajstić information content (AvgIpc) is 2.54. The Labute approximate surface area is 111 Å². The second-order valence-electron chi connectivity index (χ2n) is 3.96. The molecule has 0 radical (unpaired) electrons. The van der Waals surface area contributed by atoms with Gasteiger partial charge in [-0.2, -0.15) is 5.26 Å². The Hall–Kier alpha value is -2.14. The first-order chi connectivity index (χ1) is 9.02. The lowest BCUT2D eigenvalue weighted by Crippen LogP contribution is -2.16. The van der Waals surface area contributed by atoms with Crippen LogP contribution in [0.5, 0.6) is 11.5 Å². The molecular weight excluding hydrogens is 270 g/mol. The van der Waals surface area contributed by atoms with Crippen LogP contribution < -0.4 is 19.9 Å². The predicted molar refractivity (Wildman–Crippen MR) is 69.5 cm³/mol. The number of nitrogens with two attached hydrogens (primary N) is 1. The maximum Gasteiger partial charge on any atom is 0.246 e. The normalized spacial score (nSPS) is 14.3. The summed E-state index contributed by atoms with van der Waals surface area (Å²) in [6.07, 6.45) is 0.740. The maximum absolute atomic E-state index is 11.5. The SMILES string of the molecule is N#CCS(=O)(=O)Nc1cc2c(cc1N)OCCCO2. The van der Waals surface area contributed by atoms with E-state index >= 15 is 0 Å². The van der Waals surface area contributed by atoms with E-state index in [1.807, 2.05) is 0 Å². The van der Waals surface area contributed by atoms with Crippen LogP contribution in [0.2, 0.25) is 0 Å². The number of nitrogens with zero attached hydrogens (tertiary/aromatic N) is 1. The van der Waals surface area contributed by atoms with E-state index in [1.54, 1.807) is 6.07 Å². The Kier molecular flexibility index (Phi) is 3.66. The molecule has 1 aromatic rings. The molecule has 0 atom stereocenters. The summed E-state index contributed by atoms with van der Waals surface area (Å²) in [5, 5.41) is 8.43. The van der Waals surface area contributed by atoms with Gasteiger partial charge in [-0.15, -0.1) is 0 Å². The lowest BCUT2D eigenvalue weighted by molar-refractivity contribution is 0.297. The summed E-state index contributed by atoms with van der Waals surface area (Å²) in [6, 6.07) is 4.54. The second kappa shape index (κ2) is 5.24. The van der Waals surface area contributed by atoms with E-state index in [4.69, 9.17) is 20.5 Å². The van der Waals surface area contributed by atoms with Gasteiger partial charge in [0.25, 0.3) is 0 Å². The summed E-state index contributed by atoms with van der Waals surface area (Å²) >= 11 is 0. The van der Waals surface area contributed by atoms with Crippen LogP contribution in [0.4, 0.5) is 11.4 Å². The monoisotopic (exact) mass is 283 g/mol. The highest BCUT2D eigenvalue weighted by Gasteiger charge is 2.17. The molecule has 1 aliphatic rings. The minimum absolute atomic E-state index is 0.180. The topological polar surface area (TPSA) is 114 Å². The number of hydrogen-bond acceptors (Lipinski definition) is 6. The van der Waals surface area contributed by atoms with Crippen molar-refractivity contribution < 1.29 is 17.9 Å². The van der Waals surface area contributed by atoms with E-state index in [2.05, 4.69) is 4.72 Å². The molecule has 0 spiro atoms. The third kappa shape index (κ3) is 3.20. The number of fused-ring (bicyclic) bond motifs is 1. The Morgan fingerprint density at radius 2 is 1.95 bits per heavy atom. The molecule has 19 heavy (non-hydrogen) atoms. The number of rotatable bonds is 3. The van der Waals surface area contributed by atoms with E-state index in [1.165, 1.54) is 12.1 Å². The molecule has 0 aliphatic carbocycles. The maximum atomic E-state index is 11.5. The molecule has 0 bridgehead atoms. The summed E-state index contributed by atoms with van der Waals surface area (Å²) in [5.74, 6) is 0.278. The summed E-state index contributed by atoms with van der Waals surface area (Å²) < 4.78 is 36.2. The number of sulfonamides is 1. The molecule has 102 valence electrons. The number of nitriles is 1. The van der Waals surface area contributed by atoms with Crippen molar-refractivity contribution in [2.24, 2.45) is 0 Å². The zero-order valence-electron chi connectivity index (χ0n) is 10.0. The van der Waals surface area contributed by atoms with Crippen LogP contribution in [0.1, 0.15) is 6.42 Å². The molecule has 0 fully saturated rings. The lowest BCUT2D eigenvalue weighted by Gasteiger charge is -2.13. The highest BCUT2D eigenvalue weighted by atomic mass is 32.2. The molecule has 1 aromatic carbocycles. The molecule has 1 aliphatic heterocycles. The molecule has 2 rings (SSSR count). The van der Waals surface area contributed by atoms with E-state index in [-0.39, 0.29) is 11.4 Å². The van der Waals surface area contributed by atoms with Crippen LogP contribution in [0.15, 0.2) is 12.1 Å². The van der Waals surface area contributed by atoms with Crippen molar-refractivity contribution >= 4 is 21.4 Å². The van der Waals surface area contributed by atoms with Gasteiger partial charge < -0.3 is 15.2 Å². The Balaban J connectivity index is 2.32. The quantitative estimate of drug-likeness (QED) is 0.789. The lowest BCUT2D eigenvalue weighted by atomic mass is 10.2. The molecule has 0 saturated heterocycles. The third-order valence-electron chi connectivity index (χ3n) is 2.44. The molecular formula is C11H13N3O4S. The number of hydrogen-bond donors (Lipinski definition) is 2. The molecule has 8 heteroatoms. The standard InChI is InChI=1S/C11H13N3O4S/c12-2-5-19(15,16)14-9-7-11-10(6-8(9)13)17-3-1-4-18-11/h6-7,14H,1,3-5,13H2. The zero-order valence-corrected chi connectivity index (χ0v) is 10.9. The number of nitrogen functional groups attached to an aromatic ring is 1. The first-order valence-electron chi connectivity index (χ1n) is 5.58. The zero-order chi connectivity index (χ0) is 13.9. The number of anilines is 2. The molecule has 1 heterocycles. The van der Waals surface area contributed by atoms with Gasteiger partial charge in [-0.25, -0.2) is 8.42 Å². The molecule has 7 nitrogen and oxygen atoms in total. The third-order valence-corrected chi connectivity index (χ3v) is 3.48. The Bertz CT molecular complexity index is 622. The van der Waals surface area contributed by atoms with Crippen molar-refractivity contribution in [3.8, 4) is 17.6 Å². The van der Waals surface area contributed by atoms with Gasteiger partial charge in [-0.3, -0.25) is 4.72 Å². The molecule has 0 unspecified atom stereocenters. The van der Waals surface area contributed by atoms with Crippen molar-refractivity contribution in [3.63, 3.8) is 0 Å². The van der Waals surface area contributed by atoms with Gasteiger partial charge in [0.2, 0.25) is 10.0 Å². The van der Waals surface area contributed by atoms with Crippen molar-refractivity contribution in [2.75, 3.05) is 29.4 Å². The van der Waals surface area contributed by atoms with E-state index in [0.717, 1.165) is 6.42 Å². The van der Waals surface area contributed by atoms with Gasteiger partial charge in [0, 0.05) is 18.6 Å². The predicted octanol–water partition coefficient (Wildman–Crippen LogP) is 0.695. The highest BCUT2D eigenvalue weighted by molar-refractivity contribution is 7.92. The smallest absolute Gasteiger partial charge is 0.246 e. The molecule has 0 amide bonds. The van der Waals surface area contributed by atoms with E-state index in [0.29, 0.717) is 24.7 Å². The minimum atomic E-state index is -3.73. The van der Waals surface area contributed by atoms with Crippen LogP contribution >= 0.6 is 0 Å². The average molecular weight is 283 g/mol. The fourth-order valence-electron chi connectivity index (χ4n) is 1.60. The van der Waals surface area contributed by atoms with Crippen molar-refractivity contribution in [1.29, 1.82) is 5.26 Å². The van der Waals surface area contributed by atoms with Crippen LogP contribution in [0.25, 0.3) is 0 Å². The van der Waals surface area contributed by atoms with Crippen LogP contribution in [-0.4, -0.2) is 27.4 Å². The second-order valence-corrected chi connectivity index (χ2v) is 5.68. The van der Waals surface area contributed by atoms with Gasteiger partial charge in [0.15, 0.2) is 17.3 Å². The number of ether oxygens (including phenoxy) is 2. The largest absolute Gasteiger partial charge is 0.489 e. The first-order valence-corrected chi connectivity index (χ1v) is 7.23. The fourth-order valence-corrected chi connectivity index (χ4v) is 2.36. The van der Waals surface area contributed by atoms with Crippen molar-refractivity contribution in [1.82, 2.24) is 0 Å². The van der Waals surface area contributed by atoms with Gasteiger partial charge in [0.05, 0.1) is 30.7 Å². The van der Waals surface area contributed by atoms with E-state index < -0.39 is 15.8 Å². The van der Waals surface area contributed by atoms with Crippen LogP contribution in [0.3, 0.4) is 0 Å². The van der Waals surface area contributed by atoms with Crippen LogP contribution in [-0.2, 0) is 10.0 Å². The first kappa shape index (κ1) is 13.3. The van der Waals surface area contributed by atoms with Gasteiger partial charge in [-0.05, 0) is 0 Å². The molecule has 3 N–H and O–H groups in total. The summed E-state index contributed by atoms with van der Waals surface area (Å²) in [6.45, 7) is 1.01. The molecule has 0 saturated carbocycles.